The zero-order chi connectivity index (χ0) is 21.9. The van der Waals surface area contributed by atoms with E-state index in [1.807, 2.05) is 24.3 Å². The summed E-state index contributed by atoms with van der Waals surface area (Å²) < 4.78 is 0. The van der Waals surface area contributed by atoms with Crippen LogP contribution in [-0.4, -0.2) is 57.0 Å². The predicted octanol–water partition coefficient (Wildman–Crippen LogP) is 2.70. The largest absolute Gasteiger partial charge is 0.353 e. The van der Waals surface area contributed by atoms with E-state index in [4.69, 9.17) is 4.98 Å². The molecule has 0 atom stereocenters. The van der Waals surface area contributed by atoms with Gasteiger partial charge in [0.05, 0.1) is 11.7 Å². The Labute approximate surface area is 185 Å². The Bertz CT molecular complexity index is 1240. The lowest BCUT2D eigenvalue weighted by Crippen LogP contribution is -2.47. The van der Waals surface area contributed by atoms with Crippen molar-refractivity contribution in [1.82, 2.24) is 24.9 Å². The molecule has 4 aromatic rings. The molecule has 0 saturated carbocycles. The minimum absolute atomic E-state index is 0.276. The van der Waals surface area contributed by atoms with Crippen molar-refractivity contribution in [2.45, 2.75) is 6.92 Å². The molecule has 1 fully saturated rings. The smallest absolute Gasteiger partial charge is 0.275 e. The third-order valence-electron chi connectivity index (χ3n) is 5.49. The zero-order valence-corrected chi connectivity index (χ0v) is 17.6. The molecular weight excluding hydrogens is 404 g/mol. The molecule has 32 heavy (non-hydrogen) atoms. The molecule has 1 amide bonds. The Morgan fingerprint density at radius 3 is 2.47 bits per heavy atom. The Kier molecular flexibility index (Phi) is 5.29. The van der Waals surface area contributed by atoms with Crippen LogP contribution in [0.3, 0.4) is 0 Å². The number of carbonyl (C=O) groups is 1. The number of hydrogen-bond donors (Lipinski definition) is 1. The quantitative estimate of drug-likeness (QED) is 0.532. The molecule has 1 aromatic carbocycles. The summed E-state index contributed by atoms with van der Waals surface area (Å²) in [5, 5.41) is 3.88. The first-order valence-electron chi connectivity index (χ1n) is 10.4. The summed E-state index contributed by atoms with van der Waals surface area (Å²) in [6.07, 6.45) is 8.02. The minimum atomic E-state index is -0.292. The Morgan fingerprint density at radius 1 is 0.938 bits per heavy atom. The molecular formula is C23H22N8O. The number of piperazine rings is 1. The summed E-state index contributed by atoms with van der Waals surface area (Å²) >= 11 is 0. The Balaban J connectivity index is 1.32. The second kappa shape index (κ2) is 8.54. The molecule has 9 nitrogen and oxygen atoms in total. The highest BCUT2D eigenvalue weighted by Gasteiger charge is 2.20. The van der Waals surface area contributed by atoms with Gasteiger partial charge in [-0.05, 0) is 42.8 Å². The summed E-state index contributed by atoms with van der Waals surface area (Å²) in [5.41, 5.74) is 2.97. The molecule has 0 aliphatic carbocycles. The molecule has 160 valence electrons. The molecule has 5 rings (SSSR count). The molecule has 3 aromatic heterocycles. The van der Waals surface area contributed by atoms with E-state index in [0.29, 0.717) is 5.69 Å². The number of anilines is 3. The molecule has 1 saturated heterocycles. The van der Waals surface area contributed by atoms with Crippen LogP contribution in [0.15, 0.2) is 61.3 Å². The Hall–Kier alpha value is -4.14. The summed E-state index contributed by atoms with van der Waals surface area (Å²) in [4.78, 5) is 38.4. The maximum atomic E-state index is 12.4. The van der Waals surface area contributed by atoms with Crippen LogP contribution in [0.25, 0.3) is 10.9 Å². The lowest BCUT2D eigenvalue weighted by atomic mass is 10.1. The van der Waals surface area contributed by atoms with Gasteiger partial charge in [0.2, 0.25) is 5.95 Å². The summed E-state index contributed by atoms with van der Waals surface area (Å²) in [5.74, 6) is 1.44. The van der Waals surface area contributed by atoms with Crippen LogP contribution in [0.5, 0.6) is 0 Å². The van der Waals surface area contributed by atoms with Crippen molar-refractivity contribution in [1.29, 1.82) is 0 Å². The topological polar surface area (TPSA) is 100 Å². The van der Waals surface area contributed by atoms with E-state index in [1.54, 1.807) is 12.4 Å². The zero-order valence-electron chi connectivity index (χ0n) is 17.6. The van der Waals surface area contributed by atoms with Gasteiger partial charge in [-0.2, -0.15) is 0 Å². The molecule has 0 bridgehead atoms. The number of nitrogens with zero attached hydrogens (tertiary/aromatic N) is 7. The van der Waals surface area contributed by atoms with Crippen LogP contribution in [0, 0.1) is 6.92 Å². The van der Waals surface area contributed by atoms with E-state index in [1.165, 1.54) is 18.6 Å². The number of hydrogen-bond acceptors (Lipinski definition) is 8. The number of amides is 1. The van der Waals surface area contributed by atoms with Crippen molar-refractivity contribution in [3.05, 3.63) is 72.6 Å². The van der Waals surface area contributed by atoms with Crippen molar-refractivity contribution < 1.29 is 4.79 Å². The fourth-order valence-corrected chi connectivity index (χ4v) is 3.82. The van der Waals surface area contributed by atoms with E-state index < -0.39 is 0 Å². The average molecular weight is 426 g/mol. The third kappa shape index (κ3) is 4.04. The van der Waals surface area contributed by atoms with Crippen LogP contribution in [-0.2, 0) is 0 Å². The highest BCUT2D eigenvalue weighted by atomic mass is 16.1. The molecule has 0 spiro atoms. The number of benzene rings is 1. The second-order valence-electron chi connectivity index (χ2n) is 7.60. The fraction of sp³-hybridized carbons (Fsp3) is 0.217. The van der Waals surface area contributed by atoms with Crippen LogP contribution in [0.4, 0.5) is 17.5 Å². The molecule has 1 aliphatic rings. The number of fused-ring (bicyclic) bond motifs is 1. The van der Waals surface area contributed by atoms with Gasteiger partial charge in [0.25, 0.3) is 5.91 Å². The molecule has 0 radical (unpaired) electrons. The minimum Gasteiger partial charge on any atom is -0.353 e. The van der Waals surface area contributed by atoms with Gasteiger partial charge >= 0.3 is 0 Å². The molecule has 0 unspecified atom stereocenters. The first kappa shape index (κ1) is 19.8. The monoisotopic (exact) mass is 426 g/mol. The molecule has 1 N–H and O–H groups in total. The lowest BCUT2D eigenvalue weighted by molar-refractivity contribution is 0.102. The predicted molar refractivity (Wildman–Crippen MR) is 123 cm³/mol. The van der Waals surface area contributed by atoms with Gasteiger partial charge in [-0.3, -0.25) is 9.78 Å². The van der Waals surface area contributed by atoms with Crippen LogP contribution in [0.2, 0.25) is 0 Å². The van der Waals surface area contributed by atoms with Crippen molar-refractivity contribution in [3.63, 3.8) is 0 Å². The van der Waals surface area contributed by atoms with E-state index in [9.17, 15) is 4.79 Å². The van der Waals surface area contributed by atoms with Crippen molar-refractivity contribution >= 4 is 34.3 Å². The van der Waals surface area contributed by atoms with Gasteiger partial charge < -0.3 is 15.1 Å². The van der Waals surface area contributed by atoms with Crippen LogP contribution < -0.4 is 15.1 Å². The van der Waals surface area contributed by atoms with Crippen molar-refractivity contribution in [2.75, 3.05) is 41.3 Å². The van der Waals surface area contributed by atoms with E-state index in [0.717, 1.165) is 54.4 Å². The van der Waals surface area contributed by atoms with Crippen LogP contribution >= 0.6 is 0 Å². The first-order valence-corrected chi connectivity index (χ1v) is 10.4. The van der Waals surface area contributed by atoms with Crippen molar-refractivity contribution in [3.8, 4) is 0 Å². The molecule has 1 aliphatic heterocycles. The number of nitrogens with one attached hydrogen (secondary N) is 1. The summed E-state index contributed by atoms with van der Waals surface area (Å²) in [6.45, 7) is 5.45. The number of aromatic nitrogens is 5. The van der Waals surface area contributed by atoms with Gasteiger partial charge in [-0.15, -0.1) is 0 Å². The summed E-state index contributed by atoms with van der Waals surface area (Å²) in [7, 11) is 0. The SMILES string of the molecule is Cc1cc(N2CCN(c3ncccn3)CC2)nc2ccc(NC(=O)c3cnccn3)cc12. The molecule has 9 heteroatoms. The van der Waals surface area contributed by atoms with Gasteiger partial charge in [0.15, 0.2) is 0 Å². The normalized spacial score (nSPS) is 13.9. The Morgan fingerprint density at radius 2 is 1.72 bits per heavy atom. The average Bonchev–Trinajstić information content (AvgIpc) is 2.85. The van der Waals surface area contributed by atoms with E-state index in [2.05, 4.69) is 48.0 Å². The first-order chi connectivity index (χ1) is 15.7. The second-order valence-corrected chi connectivity index (χ2v) is 7.60. The van der Waals surface area contributed by atoms with Gasteiger partial charge in [-0.25, -0.2) is 19.9 Å². The maximum absolute atomic E-state index is 12.4. The summed E-state index contributed by atoms with van der Waals surface area (Å²) in [6, 6.07) is 9.67. The van der Waals surface area contributed by atoms with Gasteiger partial charge in [-0.1, -0.05) is 0 Å². The van der Waals surface area contributed by atoms with Gasteiger partial charge in [0.1, 0.15) is 11.5 Å². The van der Waals surface area contributed by atoms with Crippen molar-refractivity contribution in [2.24, 2.45) is 0 Å². The number of rotatable bonds is 4. The lowest BCUT2D eigenvalue weighted by Gasteiger charge is -2.35. The number of aryl methyl sites for hydroxylation is 1. The van der Waals surface area contributed by atoms with Gasteiger partial charge in [0, 0.05) is 62.0 Å². The highest BCUT2D eigenvalue weighted by molar-refractivity contribution is 6.03. The fourth-order valence-electron chi connectivity index (χ4n) is 3.82. The van der Waals surface area contributed by atoms with Crippen LogP contribution in [0.1, 0.15) is 16.1 Å². The van der Waals surface area contributed by atoms with E-state index >= 15 is 0 Å². The van der Waals surface area contributed by atoms with E-state index in [-0.39, 0.29) is 11.6 Å². The number of carbonyl (C=O) groups excluding carboxylic acids is 1. The molecule has 4 heterocycles. The third-order valence-corrected chi connectivity index (χ3v) is 5.49. The standard InChI is InChI=1S/C23H22N8O/c1-16-13-21(30-9-11-31(12-10-30)23-26-5-2-6-27-23)29-19-4-3-17(14-18(16)19)28-22(32)20-15-24-7-8-25-20/h2-8,13-15H,9-12H2,1H3,(H,28,32). The maximum Gasteiger partial charge on any atom is 0.275 e. The highest BCUT2D eigenvalue weighted by Crippen LogP contribution is 2.26. The number of pyridine rings is 1.